The zero-order valence-electron chi connectivity index (χ0n) is 6.35. The zero-order valence-corrected chi connectivity index (χ0v) is 7.94. The summed E-state index contributed by atoms with van der Waals surface area (Å²) in [5.74, 6) is -1.91. The van der Waals surface area contributed by atoms with E-state index in [4.69, 9.17) is 0 Å². The van der Waals surface area contributed by atoms with Crippen molar-refractivity contribution in [2.24, 2.45) is 4.99 Å². The van der Waals surface area contributed by atoms with Crippen molar-refractivity contribution in [3.8, 4) is 0 Å². The second-order valence-corrected chi connectivity index (χ2v) is 3.03. The summed E-state index contributed by atoms with van der Waals surface area (Å²) in [5.41, 5.74) is 0.405. The van der Waals surface area contributed by atoms with Crippen molar-refractivity contribution in [1.82, 2.24) is 0 Å². The number of halogens is 3. The van der Waals surface area contributed by atoms with Crippen LogP contribution in [0.15, 0.2) is 21.6 Å². The van der Waals surface area contributed by atoms with E-state index in [2.05, 4.69) is 20.9 Å². The maximum Gasteiger partial charge on any atom is 0.235 e. The van der Waals surface area contributed by atoms with Crippen molar-refractivity contribution in [3.05, 3.63) is 33.8 Å². The molecule has 0 radical (unpaired) electrons. The minimum atomic E-state index is -0.974. The minimum Gasteiger partial charge on any atom is -0.211 e. The second kappa shape index (κ2) is 4.25. The quantitative estimate of drug-likeness (QED) is 0.449. The van der Waals surface area contributed by atoms with Gasteiger partial charge in [0.25, 0.3) is 0 Å². The van der Waals surface area contributed by atoms with Gasteiger partial charge in [-0.1, -0.05) is 6.07 Å². The lowest BCUT2D eigenvalue weighted by atomic mass is 10.2. The Labute approximate surface area is 81.4 Å². The molecular formula is C8H4BrF2NO. The van der Waals surface area contributed by atoms with Crippen LogP contribution in [0.1, 0.15) is 5.56 Å². The minimum absolute atomic E-state index is 0.00787. The SMILES string of the molecule is O=C=NCc1ccc(F)c(F)c1Br. The molecule has 2 nitrogen and oxygen atoms in total. The van der Waals surface area contributed by atoms with E-state index < -0.39 is 11.6 Å². The molecule has 0 amide bonds. The van der Waals surface area contributed by atoms with Crippen molar-refractivity contribution in [2.75, 3.05) is 0 Å². The number of hydrogen-bond acceptors (Lipinski definition) is 2. The monoisotopic (exact) mass is 247 g/mol. The first-order chi connectivity index (χ1) is 6.16. The summed E-state index contributed by atoms with van der Waals surface area (Å²) >= 11 is 2.86. The fraction of sp³-hybridized carbons (Fsp3) is 0.125. The van der Waals surface area contributed by atoms with Crippen LogP contribution in [0, 0.1) is 11.6 Å². The molecule has 68 valence electrons. The Morgan fingerprint density at radius 2 is 2.15 bits per heavy atom. The van der Waals surface area contributed by atoms with E-state index in [0.29, 0.717) is 5.56 Å². The largest absolute Gasteiger partial charge is 0.235 e. The second-order valence-electron chi connectivity index (χ2n) is 2.24. The van der Waals surface area contributed by atoms with Crippen molar-refractivity contribution in [2.45, 2.75) is 6.54 Å². The average Bonchev–Trinajstić information content (AvgIpc) is 2.13. The molecule has 1 aromatic carbocycles. The van der Waals surface area contributed by atoms with Gasteiger partial charge in [0, 0.05) is 0 Å². The molecule has 0 aromatic heterocycles. The van der Waals surface area contributed by atoms with Gasteiger partial charge in [-0.15, -0.1) is 0 Å². The van der Waals surface area contributed by atoms with E-state index in [0.717, 1.165) is 6.07 Å². The van der Waals surface area contributed by atoms with Gasteiger partial charge >= 0.3 is 0 Å². The highest BCUT2D eigenvalue weighted by Crippen LogP contribution is 2.23. The van der Waals surface area contributed by atoms with Gasteiger partial charge in [0.15, 0.2) is 11.6 Å². The lowest BCUT2D eigenvalue weighted by Crippen LogP contribution is -1.91. The summed E-state index contributed by atoms with van der Waals surface area (Å²) in [7, 11) is 0. The Morgan fingerprint density at radius 1 is 1.46 bits per heavy atom. The Morgan fingerprint density at radius 3 is 2.77 bits per heavy atom. The zero-order chi connectivity index (χ0) is 9.84. The number of isocyanates is 1. The molecule has 0 atom stereocenters. The van der Waals surface area contributed by atoms with E-state index in [9.17, 15) is 13.6 Å². The third-order valence-electron chi connectivity index (χ3n) is 1.43. The van der Waals surface area contributed by atoms with Crippen LogP contribution in [0.4, 0.5) is 8.78 Å². The van der Waals surface area contributed by atoms with Gasteiger partial charge in [0.05, 0.1) is 11.0 Å². The van der Waals surface area contributed by atoms with Crippen LogP contribution in [-0.4, -0.2) is 6.08 Å². The molecule has 0 aliphatic heterocycles. The predicted molar refractivity (Wildman–Crippen MR) is 45.9 cm³/mol. The Hall–Kier alpha value is -1.06. The summed E-state index contributed by atoms with van der Waals surface area (Å²) in [4.78, 5) is 13.0. The topological polar surface area (TPSA) is 29.4 Å². The number of carbonyl (C=O) groups excluding carboxylic acids is 1. The van der Waals surface area contributed by atoms with Gasteiger partial charge in [-0.25, -0.2) is 18.6 Å². The molecule has 1 rings (SSSR count). The molecule has 0 aliphatic carbocycles. The van der Waals surface area contributed by atoms with Crippen LogP contribution in [0.2, 0.25) is 0 Å². The highest BCUT2D eigenvalue weighted by molar-refractivity contribution is 9.10. The molecular weight excluding hydrogens is 244 g/mol. The molecule has 0 N–H and O–H groups in total. The number of aliphatic imine (C=N–C) groups is 1. The van der Waals surface area contributed by atoms with Crippen LogP contribution in [0.3, 0.4) is 0 Å². The number of benzene rings is 1. The first-order valence-electron chi connectivity index (χ1n) is 3.33. The molecule has 0 bridgehead atoms. The lowest BCUT2D eigenvalue weighted by molar-refractivity contribution is 0.502. The van der Waals surface area contributed by atoms with E-state index in [1.54, 1.807) is 0 Å². The molecule has 0 aliphatic rings. The molecule has 0 saturated heterocycles. The van der Waals surface area contributed by atoms with Crippen LogP contribution < -0.4 is 0 Å². The van der Waals surface area contributed by atoms with Crippen LogP contribution >= 0.6 is 15.9 Å². The van der Waals surface area contributed by atoms with E-state index in [1.807, 2.05) is 0 Å². The summed E-state index contributed by atoms with van der Waals surface area (Å²) in [6, 6.07) is 2.33. The van der Waals surface area contributed by atoms with E-state index in [1.165, 1.54) is 12.1 Å². The summed E-state index contributed by atoms with van der Waals surface area (Å²) in [6.07, 6.45) is 1.32. The first-order valence-corrected chi connectivity index (χ1v) is 4.12. The fourth-order valence-electron chi connectivity index (χ4n) is 0.805. The Kier molecular flexibility index (Phi) is 3.28. The van der Waals surface area contributed by atoms with Gasteiger partial charge in [-0.3, -0.25) is 0 Å². The van der Waals surface area contributed by atoms with Crippen LogP contribution in [0.5, 0.6) is 0 Å². The van der Waals surface area contributed by atoms with E-state index in [-0.39, 0.29) is 11.0 Å². The van der Waals surface area contributed by atoms with Crippen molar-refractivity contribution in [1.29, 1.82) is 0 Å². The summed E-state index contributed by atoms with van der Waals surface area (Å²) in [5, 5.41) is 0. The normalized spacial score (nSPS) is 9.46. The number of nitrogens with zero attached hydrogens (tertiary/aromatic N) is 1. The molecule has 13 heavy (non-hydrogen) atoms. The van der Waals surface area contributed by atoms with Crippen LogP contribution in [0.25, 0.3) is 0 Å². The first kappa shape index (κ1) is 10.0. The van der Waals surface area contributed by atoms with Gasteiger partial charge < -0.3 is 0 Å². The molecule has 0 saturated carbocycles. The van der Waals surface area contributed by atoms with Crippen molar-refractivity contribution in [3.63, 3.8) is 0 Å². The molecule has 0 spiro atoms. The van der Waals surface area contributed by atoms with Gasteiger partial charge in [-0.05, 0) is 27.6 Å². The Bertz CT molecular complexity index is 375. The molecule has 0 unspecified atom stereocenters. The molecule has 0 fully saturated rings. The summed E-state index contributed by atoms with van der Waals surface area (Å²) < 4.78 is 25.4. The highest BCUT2D eigenvalue weighted by atomic mass is 79.9. The maximum absolute atomic E-state index is 12.9. The average molecular weight is 248 g/mol. The van der Waals surface area contributed by atoms with E-state index >= 15 is 0 Å². The third kappa shape index (κ3) is 2.20. The Balaban J connectivity index is 3.10. The standard InChI is InChI=1S/C8H4BrF2NO/c9-7-5(3-12-4-13)1-2-6(10)8(7)11/h1-2H,3H2. The van der Waals surface area contributed by atoms with Gasteiger partial charge in [-0.2, -0.15) is 0 Å². The van der Waals surface area contributed by atoms with Crippen molar-refractivity contribution >= 4 is 22.0 Å². The maximum atomic E-state index is 12.9. The molecule has 0 heterocycles. The molecule has 1 aromatic rings. The lowest BCUT2D eigenvalue weighted by Gasteiger charge is -2.01. The van der Waals surface area contributed by atoms with Gasteiger partial charge in [0.2, 0.25) is 6.08 Å². The number of rotatable bonds is 2. The third-order valence-corrected chi connectivity index (χ3v) is 2.29. The highest BCUT2D eigenvalue weighted by Gasteiger charge is 2.09. The number of hydrogen-bond donors (Lipinski definition) is 0. The van der Waals surface area contributed by atoms with Crippen molar-refractivity contribution < 1.29 is 13.6 Å². The fourth-order valence-corrected chi connectivity index (χ4v) is 1.25. The molecule has 5 heteroatoms. The summed E-state index contributed by atoms with van der Waals surface area (Å²) in [6.45, 7) is -0.0126. The van der Waals surface area contributed by atoms with Gasteiger partial charge in [0.1, 0.15) is 0 Å². The predicted octanol–water partition coefficient (Wildman–Crippen LogP) is 2.56. The van der Waals surface area contributed by atoms with Crippen LogP contribution in [-0.2, 0) is 11.3 Å². The smallest absolute Gasteiger partial charge is 0.211 e.